The van der Waals surface area contributed by atoms with Crippen molar-refractivity contribution >= 4 is 0 Å². The van der Waals surface area contributed by atoms with Crippen molar-refractivity contribution < 1.29 is 24.8 Å². The number of hydrogen-bond donors (Lipinski definition) is 4. The second kappa shape index (κ2) is 5.18. The molecule has 0 unspecified atom stereocenters. The Kier molecular flexibility index (Phi) is 4.16. The van der Waals surface area contributed by atoms with E-state index in [1.807, 2.05) is 0 Å². The van der Waals surface area contributed by atoms with Crippen molar-refractivity contribution in [3.8, 4) is 0 Å². The molecule has 0 amide bonds. The van der Waals surface area contributed by atoms with Crippen molar-refractivity contribution in [1.29, 1.82) is 0 Å². The minimum atomic E-state index is -0.692. The zero-order valence-electron chi connectivity index (χ0n) is 8.07. The standard InChI is InChI=1S/C10H13FO4/c11-10-1-6(2-12)7(3-13)8(4-14)9(10)5-15/h1,12-15H,2-5H2. The summed E-state index contributed by atoms with van der Waals surface area (Å²) in [5.74, 6) is -0.692. The molecule has 0 bridgehead atoms. The van der Waals surface area contributed by atoms with E-state index >= 15 is 0 Å². The number of aliphatic hydroxyl groups is 4. The predicted octanol–water partition coefficient (Wildman–Crippen LogP) is -0.205. The molecule has 0 heterocycles. The van der Waals surface area contributed by atoms with Crippen LogP contribution in [0.1, 0.15) is 22.3 Å². The Morgan fingerprint density at radius 1 is 0.800 bits per heavy atom. The van der Waals surface area contributed by atoms with E-state index < -0.39 is 32.2 Å². The largest absolute Gasteiger partial charge is 0.392 e. The summed E-state index contributed by atoms with van der Waals surface area (Å²) in [5, 5.41) is 35.9. The second-order valence-electron chi connectivity index (χ2n) is 3.09. The van der Waals surface area contributed by atoms with Gasteiger partial charge in [0.1, 0.15) is 5.82 Å². The molecule has 0 aliphatic rings. The summed E-state index contributed by atoms with van der Waals surface area (Å²) in [6.07, 6.45) is 0. The van der Waals surface area contributed by atoms with Crippen LogP contribution in [0.4, 0.5) is 4.39 Å². The smallest absolute Gasteiger partial charge is 0.129 e. The van der Waals surface area contributed by atoms with Crippen molar-refractivity contribution in [3.63, 3.8) is 0 Å². The third-order valence-corrected chi connectivity index (χ3v) is 2.35. The van der Waals surface area contributed by atoms with E-state index in [2.05, 4.69) is 0 Å². The highest BCUT2D eigenvalue weighted by Gasteiger charge is 2.15. The van der Waals surface area contributed by atoms with E-state index in [0.29, 0.717) is 0 Å². The molecule has 4 N–H and O–H groups in total. The Morgan fingerprint density at radius 2 is 1.33 bits per heavy atom. The normalized spacial score (nSPS) is 10.7. The first-order valence-electron chi connectivity index (χ1n) is 4.45. The number of rotatable bonds is 4. The van der Waals surface area contributed by atoms with E-state index in [1.165, 1.54) is 0 Å². The minimum Gasteiger partial charge on any atom is -0.392 e. The SMILES string of the molecule is OCc1cc(F)c(CO)c(CO)c1CO. The fourth-order valence-electron chi connectivity index (χ4n) is 1.55. The molecular weight excluding hydrogens is 203 g/mol. The van der Waals surface area contributed by atoms with Gasteiger partial charge in [-0.25, -0.2) is 4.39 Å². The van der Waals surface area contributed by atoms with Gasteiger partial charge in [0, 0.05) is 5.56 Å². The minimum absolute atomic E-state index is 0.0428. The maximum atomic E-state index is 13.3. The monoisotopic (exact) mass is 216 g/mol. The maximum absolute atomic E-state index is 13.3. The Bertz CT molecular complexity index is 352. The molecule has 0 fully saturated rings. The van der Waals surface area contributed by atoms with Crippen LogP contribution >= 0.6 is 0 Å². The van der Waals surface area contributed by atoms with Gasteiger partial charge >= 0.3 is 0 Å². The molecule has 0 spiro atoms. The first kappa shape index (κ1) is 12.1. The van der Waals surface area contributed by atoms with Crippen LogP contribution in [0, 0.1) is 5.82 Å². The van der Waals surface area contributed by atoms with Gasteiger partial charge in [-0.05, 0) is 22.8 Å². The van der Waals surface area contributed by atoms with Crippen LogP contribution in [0.15, 0.2) is 6.07 Å². The quantitative estimate of drug-likeness (QED) is 0.561. The molecule has 5 heteroatoms. The molecule has 84 valence electrons. The van der Waals surface area contributed by atoms with E-state index in [4.69, 9.17) is 20.4 Å². The van der Waals surface area contributed by atoms with Crippen LogP contribution in [-0.4, -0.2) is 20.4 Å². The van der Waals surface area contributed by atoms with Crippen molar-refractivity contribution in [3.05, 3.63) is 34.1 Å². The van der Waals surface area contributed by atoms with Crippen LogP contribution in [0.2, 0.25) is 0 Å². The summed E-state index contributed by atoms with van der Waals surface area (Å²) in [6.45, 7) is -1.89. The first-order chi connectivity index (χ1) is 7.19. The van der Waals surface area contributed by atoms with Gasteiger partial charge in [-0.3, -0.25) is 0 Å². The molecule has 0 aromatic heterocycles. The fraction of sp³-hybridized carbons (Fsp3) is 0.400. The molecule has 0 aliphatic heterocycles. The average molecular weight is 216 g/mol. The van der Waals surface area contributed by atoms with Gasteiger partial charge in [-0.1, -0.05) is 0 Å². The van der Waals surface area contributed by atoms with Crippen molar-refractivity contribution in [1.82, 2.24) is 0 Å². The Balaban J connectivity index is 3.44. The van der Waals surface area contributed by atoms with Gasteiger partial charge in [0.2, 0.25) is 0 Å². The highest BCUT2D eigenvalue weighted by molar-refractivity contribution is 5.41. The van der Waals surface area contributed by atoms with Crippen LogP contribution < -0.4 is 0 Å². The average Bonchev–Trinajstić information content (AvgIpc) is 2.27. The van der Waals surface area contributed by atoms with Gasteiger partial charge in [0.05, 0.1) is 26.4 Å². The topological polar surface area (TPSA) is 80.9 Å². The van der Waals surface area contributed by atoms with Gasteiger partial charge < -0.3 is 20.4 Å². The second-order valence-corrected chi connectivity index (χ2v) is 3.09. The van der Waals surface area contributed by atoms with Crippen molar-refractivity contribution in [2.75, 3.05) is 0 Å². The van der Waals surface area contributed by atoms with Crippen molar-refractivity contribution in [2.24, 2.45) is 0 Å². The number of hydrogen-bond acceptors (Lipinski definition) is 4. The summed E-state index contributed by atoms with van der Waals surface area (Å²) in [7, 11) is 0. The molecule has 0 aliphatic carbocycles. The molecule has 1 aromatic carbocycles. The fourth-order valence-corrected chi connectivity index (χ4v) is 1.55. The van der Waals surface area contributed by atoms with Crippen molar-refractivity contribution in [2.45, 2.75) is 26.4 Å². The molecule has 0 saturated heterocycles. The number of aliphatic hydroxyl groups excluding tert-OH is 4. The lowest BCUT2D eigenvalue weighted by Gasteiger charge is -2.14. The van der Waals surface area contributed by atoms with Crippen LogP contribution in [0.25, 0.3) is 0 Å². The molecule has 0 saturated carbocycles. The number of benzene rings is 1. The van der Waals surface area contributed by atoms with Crippen LogP contribution in [0.5, 0.6) is 0 Å². The molecule has 4 nitrogen and oxygen atoms in total. The lowest BCUT2D eigenvalue weighted by Crippen LogP contribution is -2.08. The first-order valence-corrected chi connectivity index (χ1v) is 4.45. The Morgan fingerprint density at radius 3 is 1.73 bits per heavy atom. The van der Waals surface area contributed by atoms with E-state index in [0.717, 1.165) is 6.07 Å². The van der Waals surface area contributed by atoms with Gasteiger partial charge in [0.15, 0.2) is 0 Å². The highest BCUT2D eigenvalue weighted by atomic mass is 19.1. The molecule has 0 atom stereocenters. The summed E-state index contributed by atoms with van der Waals surface area (Å²) >= 11 is 0. The third kappa shape index (κ3) is 2.15. The third-order valence-electron chi connectivity index (χ3n) is 2.35. The zero-order chi connectivity index (χ0) is 11.4. The molecule has 1 aromatic rings. The van der Waals surface area contributed by atoms with Gasteiger partial charge in [0.25, 0.3) is 0 Å². The Hall–Kier alpha value is -1.01. The number of halogens is 1. The summed E-state index contributed by atoms with van der Waals surface area (Å²) in [6, 6.07) is 1.05. The molecule has 15 heavy (non-hydrogen) atoms. The van der Waals surface area contributed by atoms with E-state index in [-0.39, 0.29) is 22.3 Å². The zero-order valence-corrected chi connectivity index (χ0v) is 8.07. The van der Waals surface area contributed by atoms with Gasteiger partial charge in [-0.15, -0.1) is 0 Å². The van der Waals surface area contributed by atoms with Gasteiger partial charge in [-0.2, -0.15) is 0 Å². The summed E-state index contributed by atoms with van der Waals surface area (Å²) in [5.41, 5.74) is 0.588. The van der Waals surface area contributed by atoms with Crippen LogP contribution in [0.3, 0.4) is 0 Å². The highest BCUT2D eigenvalue weighted by Crippen LogP contribution is 2.23. The molecule has 1 rings (SSSR count). The summed E-state index contributed by atoms with van der Waals surface area (Å²) < 4.78 is 13.3. The predicted molar refractivity (Wildman–Crippen MR) is 50.1 cm³/mol. The van der Waals surface area contributed by atoms with Crippen LogP contribution in [-0.2, 0) is 26.4 Å². The Labute approximate surface area is 86.2 Å². The van der Waals surface area contributed by atoms with E-state index in [9.17, 15) is 4.39 Å². The van der Waals surface area contributed by atoms with E-state index in [1.54, 1.807) is 0 Å². The molecule has 0 radical (unpaired) electrons. The molecular formula is C10H13FO4. The lowest BCUT2D eigenvalue weighted by atomic mass is 9.96. The summed E-state index contributed by atoms with van der Waals surface area (Å²) in [4.78, 5) is 0. The lowest BCUT2D eigenvalue weighted by molar-refractivity contribution is 0.236. The maximum Gasteiger partial charge on any atom is 0.129 e.